The highest BCUT2D eigenvalue weighted by atomic mass is 16.3. The second kappa shape index (κ2) is 5.63. The monoisotopic (exact) mass is 334 g/mol. The first-order valence-electron chi connectivity index (χ1n) is 8.96. The van der Waals surface area contributed by atoms with Gasteiger partial charge in [-0.05, 0) is 41.3 Å². The van der Waals surface area contributed by atoms with Crippen LogP contribution in [0.4, 0.5) is 0 Å². The molecule has 0 radical (unpaired) electrons. The van der Waals surface area contributed by atoms with Gasteiger partial charge in [-0.25, -0.2) is 0 Å². The Labute approximate surface area is 149 Å². The number of furan rings is 1. The van der Waals surface area contributed by atoms with Gasteiger partial charge in [0.1, 0.15) is 17.5 Å². The molecule has 1 N–H and O–H groups in total. The van der Waals surface area contributed by atoms with Crippen LogP contribution in [-0.4, -0.2) is 18.0 Å². The largest absolute Gasteiger partial charge is 0.457 e. The van der Waals surface area contributed by atoms with Crippen LogP contribution in [0.2, 0.25) is 0 Å². The van der Waals surface area contributed by atoms with Crippen LogP contribution < -0.4 is 5.32 Å². The lowest BCUT2D eigenvalue weighted by Crippen LogP contribution is -2.45. The zero-order chi connectivity index (χ0) is 17.8. The zero-order valence-electron chi connectivity index (χ0n) is 15.6. The minimum absolute atomic E-state index is 0.0461. The van der Waals surface area contributed by atoms with Crippen LogP contribution in [0.1, 0.15) is 45.2 Å². The van der Waals surface area contributed by atoms with Crippen molar-refractivity contribution >= 4 is 27.8 Å². The summed E-state index contributed by atoms with van der Waals surface area (Å²) in [6.07, 6.45) is 4.35. The van der Waals surface area contributed by atoms with Crippen LogP contribution in [-0.2, 0) is 0 Å². The van der Waals surface area contributed by atoms with E-state index < -0.39 is 0 Å². The summed E-state index contributed by atoms with van der Waals surface area (Å²) < 4.78 is 6.34. The molecule has 0 bridgehead atoms. The highest BCUT2D eigenvalue weighted by Gasteiger charge is 2.31. The smallest absolute Gasteiger partial charge is 0.149 e. The Bertz CT molecular complexity index is 961. The van der Waals surface area contributed by atoms with Crippen LogP contribution in [0.5, 0.6) is 0 Å². The number of hydrogen-bond donors (Lipinski definition) is 1. The number of fused-ring (bicyclic) bond motifs is 4. The van der Waals surface area contributed by atoms with Crippen molar-refractivity contribution < 1.29 is 4.42 Å². The van der Waals surface area contributed by atoms with Gasteiger partial charge in [0.05, 0.1) is 0 Å². The van der Waals surface area contributed by atoms with Crippen molar-refractivity contribution in [2.24, 2.45) is 5.41 Å². The molecule has 2 aromatic carbocycles. The number of nitrogens with one attached hydrogen (secondary N) is 1. The third-order valence-corrected chi connectivity index (χ3v) is 5.46. The van der Waals surface area contributed by atoms with E-state index >= 15 is 0 Å². The summed E-state index contributed by atoms with van der Waals surface area (Å²) in [6, 6.07) is 13.2. The lowest BCUT2D eigenvalue weighted by atomic mass is 9.87. The van der Waals surface area contributed by atoms with E-state index in [0.717, 1.165) is 11.3 Å². The number of nitrogens with zero attached hydrogens (tertiary/aromatic N) is 1. The molecule has 3 nitrogen and oxygen atoms in total. The fraction of sp³-hybridized carbons (Fsp3) is 0.364. The van der Waals surface area contributed by atoms with Gasteiger partial charge in [-0.1, -0.05) is 45.0 Å². The van der Waals surface area contributed by atoms with Crippen molar-refractivity contribution in [3.8, 4) is 0 Å². The normalized spacial score (nSPS) is 18.8. The Morgan fingerprint density at radius 3 is 2.48 bits per heavy atom. The lowest BCUT2D eigenvalue weighted by molar-refractivity contribution is 0.173. The molecule has 3 heteroatoms. The second-order valence-electron chi connectivity index (χ2n) is 8.21. The summed E-state index contributed by atoms with van der Waals surface area (Å²) in [5.74, 6) is 1.01. The summed E-state index contributed by atoms with van der Waals surface area (Å²) in [5.41, 5.74) is 2.33. The van der Waals surface area contributed by atoms with E-state index in [1.54, 1.807) is 0 Å². The van der Waals surface area contributed by atoms with E-state index in [1.165, 1.54) is 21.7 Å². The molecule has 3 aromatic rings. The standard InChI is InChI=1S/C22H26N2O/c1-14(22(2,3)4)23-21-20-17(10-11-24(21)5)18-12-15-8-6-7-9-16(15)13-19(18)25-20/h6-14,21,23H,1-5H3/t14-,21?/m1/s1. The first-order valence-corrected chi connectivity index (χ1v) is 8.96. The van der Waals surface area contributed by atoms with Crippen molar-refractivity contribution in [3.05, 3.63) is 53.9 Å². The van der Waals surface area contributed by atoms with Crippen LogP contribution in [0.3, 0.4) is 0 Å². The Morgan fingerprint density at radius 1 is 1.12 bits per heavy atom. The quantitative estimate of drug-likeness (QED) is 0.668. The van der Waals surface area contributed by atoms with Gasteiger partial charge in [0, 0.05) is 30.2 Å². The van der Waals surface area contributed by atoms with Gasteiger partial charge in [-0.2, -0.15) is 0 Å². The minimum atomic E-state index is 0.0461. The Kier molecular flexibility index (Phi) is 3.66. The Morgan fingerprint density at radius 2 is 1.80 bits per heavy atom. The molecule has 0 amide bonds. The van der Waals surface area contributed by atoms with E-state index in [0.29, 0.717) is 6.04 Å². The predicted molar refractivity (Wildman–Crippen MR) is 105 cm³/mol. The van der Waals surface area contributed by atoms with E-state index in [2.05, 4.69) is 93.6 Å². The molecule has 4 rings (SSSR count). The molecule has 1 aliphatic heterocycles. The highest BCUT2D eigenvalue weighted by Crippen LogP contribution is 2.38. The number of benzene rings is 2. The molecule has 25 heavy (non-hydrogen) atoms. The Balaban J connectivity index is 1.84. The predicted octanol–water partition coefficient (Wildman–Crippen LogP) is 5.52. The summed E-state index contributed by atoms with van der Waals surface area (Å²) in [7, 11) is 2.09. The maximum Gasteiger partial charge on any atom is 0.149 e. The molecule has 1 unspecified atom stereocenters. The summed E-state index contributed by atoms with van der Waals surface area (Å²) >= 11 is 0. The zero-order valence-corrected chi connectivity index (χ0v) is 15.6. The van der Waals surface area contributed by atoms with Gasteiger partial charge in [-0.15, -0.1) is 0 Å². The minimum Gasteiger partial charge on any atom is -0.457 e. The van der Waals surface area contributed by atoms with Crippen LogP contribution in [0, 0.1) is 5.41 Å². The topological polar surface area (TPSA) is 28.4 Å². The number of rotatable bonds is 2. The number of hydrogen-bond acceptors (Lipinski definition) is 3. The van der Waals surface area contributed by atoms with Gasteiger partial charge < -0.3 is 9.32 Å². The molecule has 0 fully saturated rings. The molecule has 0 aliphatic carbocycles. The molecule has 0 saturated carbocycles. The van der Waals surface area contributed by atoms with Crippen molar-refractivity contribution in [2.75, 3.05) is 7.05 Å². The average Bonchev–Trinajstić information content (AvgIpc) is 2.92. The van der Waals surface area contributed by atoms with Crippen molar-refractivity contribution in [1.82, 2.24) is 10.2 Å². The molecule has 0 spiro atoms. The maximum atomic E-state index is 6.34. The van der Waals surface area contributed by atoms with Gasteiger partial charge in [-0.3, -0.25) is 5.32 Å². The molecular formula is C22H26N2O. The van der Waals surface area contributed by atoms with Crippen molar-refractivity contribution in [3.63, 3.8) is 0 Å². The molecule has 2 atom stereocenters. The highest BCUT2D eigenvalue weighted by molar-refractivity contribution is 6.00. The van der Waals surface area contributed by atoms with Gasteiger partial charge in [0.15, 0.2) is 0 Å². The van der Waals surface area contributed by atoms with Crippen LogP contribution in [0.25, 0.3) is 27.8 Å². The molecule has 130 valence electrons. The van der Waals surface area contributed by atoms with Gasteiger partial charge in [0.2, 0.25) is 0 Å². The third-order valence-electron chi connectivity index (χ3n) is 5.46. The molecule has 1 aromatic heterocycles. The first-order chi connectivity index (χ1) is 11.8. The average molecular weight is 334 g/mol. The summed E-state index contributed by atoms with van der Waals surface area (Å²) in [4.78, 5) is 2.19. The summed E-state index contributed by atoms with van der Waals surface area (Å²) in [5, 5.41) is 7.40. The fourth-order valence-corrected chi connectivity index (χ4v) is 3.34. The van der Waals surface area contributed by atoms with Crippen molar-refractivity contribution in [2.45, 2.75) is 39.9 Å². The van der Waals surface area contributed by atoms with E-state index in [9.17, 15) is 0 Å². The van der Waals surface area contributed by atoms with Gasteiger partial charge >= 0.3 is 0 Å². The molecular weight excluding hydrogens is 308 g/mol. The Hall–Kier alpha value is -2.26. The molecule has 1 aliphatic rings. The van der Waals surface area contributed by atoms with Gasteiger partial charge in [0.25, 0.3) is 0 Å². The SMILES string of the molecule is C[C@@H](NC1c2oc3cc4ccccc4cc3c2C=CN1C)C(C)(C)C. The summed E-state index contributed by atoms with van der Waals surface area (Å²) in [6.45, 7) is 9.02. The first kappa shape index (κ1) is 16.2. The van der Waals surface area contributed by atoms with E-state index in [4.69, 9.17) is 4.42 Å². The maximum absolute atomic E-state index is 6.34. The van der Waals surface area contributed by atoms with Crippen molar-refractivity contribution in [1.29, 1.82) is 0 Å². The van der Waals surface area contributed by atoms with E-state index in [-0.39, 0.29) is 11.6 Å². The molecule has 0 saturated heterocycles. The van der Waals surface area contributed by atoms with E-state index in [1.807, 2.05) is 0 Å². The third kappa shape index (κ3) is 2.73. The molecule has 2 heterocycles. The fourth-order valence-electron chi connectivity index (χ4n) is 3.34. The lowest BCUT2D eigenvalue weighted by Gasteiger charge is -2.36. The van der Waals surface area contributed by atoms with Crippen LogP contribution >= 0.6 is 0 Å². The van der Waals surface area contributed by atoms with Crippen LogP contribution in [0.15, 0.2) is 47.0 Å². The second-order valence-corrected chi connectivity index (χ2v) is 8.21.